The number of carbonyl (C=O) groups excluding carboxylic acids is 4. The lowest BCUT2D eigenvalue weighted by molar-refractivity contribution is -0.131. The molecule has 0 unspecified atom stereocenters. The molecule has 1 aromatic heterocycles. The van der Waals surface area contributed by atoms with Crippen molar-refractivity contribution >= 4 is 23.6 Å². The van der Waals surface area contributed by atoms with E-state index in [0.717, 1.165) is 11.1 Å². The number of amides is 4. The molecule has 0 spiro atoms. The van der Waals surface area contributed by atoms with E-state index in [1.165, 1.54) is 17.9 Å². The number of hydrogen-bond donors (Lipinski definition) is 4. The van der Waals surface area contributed by atoms with Crippen LogP contribution in [0.4, 0.5) is 0 Å². The Morgan fingerprint density at radius 1 is 1.07 bits per heavy atom. The Morgan fingerprint density at radius 2 is 1.74 bits per heavy atom. The molecule has 0 radical (unpaired) electrons. The fraction of sp³-hybridized carbons (Fsp3) is 0.484. The lowest BCUT2D eigenvalue weighted by Crippen LogP contribution is -2.57. The fourth-order valence-corrected chi connectivity index (χ4v) is 4.14. The van der Waals surface area contributed by atoms with Crippen LogP contribution in [0.5, 0.6) is 0 Å². The van der Waals surface area contributed by atoms with Crippen molar-refractivity contribution in [2.45, 2.75) is 78.6 Å². The Balaban J connectivity index is 2.09. The van der Waals surface area contributed by atoms with Gasteiger partial charge in [0.2, 0.25) is 11.8 Å². The zero-order valence-electron chi connectivity index (χ0n) is 25.6. The summed E-state index contributed by atoms with van der Waals surface area (Å²) in [6.07, 6.45) is 1.52. The van der Waals surface area contributed by atoms with Gasteiger partial charge >= 0.3 is 0 Å². The van der Waals surface area contributed by atoms with Gasteiger partial charge in [-0.1, -0.05) is 54.9 Å². The molecule has 2 rings (SSSR count). The number of aliphatic hydroxyl groups is 1. The average Bonchev–Trinajstić information content (AvgIpc) is 3.40. The molecule has 1 heterocycles. The Kier molecular flexibility index (Phi) is 13.6. The lowest BCUT2D eigenvalue weighted by Gasteiger charge is -2.25. The third-order valence-corrected chi connectivity index (χ3v) is 6.57. The molecule has 0 saturated carbocycles. The number of rotatable bonds is 15. The number of aryl methyl sites for hydroxylation is 2. The molecule has 2 aromatic rings. The van der Waals surface area contributed by atoms with E-state index in [4.69, 9.17) is 4.52 Å². The maximum Gasteiger partial charge on any atom is 0.274 e. The number of nitrogens with one attached hydrogen (secondary N) is 3. The predicted octanol–water partition coefficient (Wildman–Crippen LogP) is 2.31. The molecule has 3 atom stereocenters. The van der Waals surface area contributed by atoms with E-state index in [9.17, 15) is 29.5 Å². The van der Waals surface area contributed by atoms with Crippen molar-refractivity contribution in [1.82, 2.24) is 26.0 Å². The van der Waals surface area contributed by atoms with E-state index in [-0.39, 0.29) is 36.1 Å². The van der Waals surface area contributed by atoms with Crippen LogP contribution in [0.1, 0.15) is 67.4 Å². The maximum atomic E-state index is 13.2. The summed E-state index contributed by atoms with van der Waals surface area (Å²) in [5, 5.41) is 31.2. The van der Waals surface area contributed by atoms with Crippen LogP contribution >= 0.6 is 0 Å². The van der Waals surface area contributed by atoms with Crippen LogP contribution in [-0.2, 0) is 20.9 Å². The van der Waals surface area contributed by atoms with Crippen molar-refractivity contribution < 1.29 is 28.8 Å². The predicted molar refractivity (Wildman–Crippen MR) is 159 cm³/mol. The topological polar surface area (TPSA) is 178 Å². The van der Waals surface area contributed by atoms with Gasteiger partial charge in [-0.25, -0.2) is 0 Å². The molecule has 0 saturated heterocycles. The number of nitriles is 1. The van der Waals surface area contributed by atoms with Gasteiger partial charge in [0.05, 0.1) is 6.10 Å². The van der Waals surface area contributed by atoms with E-state index in [0.29, 0.717) is 25.1 Å². The minimum atomic E-state index is -1.36. The second-order valence-corrected chi connectivity index (χ2v) is 10.9. The molecule has 0 aliphatic carbocycles. The molecule has 0 bridgehead atoms. The van der Waals surface area contributed by atoms with Gasteiger partial charge in [-0.2, -0.15) is 5.26 Å². The maximum absolute atomic E-state index is 13.2. The van der Waals surface area contributed by atoms with E-state index in [2.05, 4.69) is 21.1 Å². The van der Waals surface area contributed by atoms with Crippen molar-refractivity contribution in [3.63, 3.8) is 0 Å². The van der Waals surface area contributed by atoms with Crippen molar-refractivity contribution in [2.24, 2.45) is 5.92 Å². The Labute approximate surface area is 252 Å². The fourth-order valence-electron chi connectivity index (χ4n) is 4.14. The molecule has 0 aliphatic rings. The standard InChI is InChI=1S/C31H42N6O6/c1-19(2)15-24(17-32)31(42)37(6)14-8-7-9-25(28(39)33-18-23-12-10-20(3)11-13-23)34-30(41)27(22(5)38)35-29(40)26-16-21(4)43-36-26/h10-13,15-16,19,22,25,27,38H,7-9,14,18H2,1-6H3,(H,33,39)(H,34,41)(H,35,40)/t22-,25+,27+/m1/s1. The number of aliphatic hydroxyl groups excluding tert-OH is 1. The first-order valence-electron chi connectivity index (χ1n) is 14.3. The summed E-state index contributed by atoms with van der Waals surface area (Å²) < 4.78 is 4.91. The van der Waals surface area contributed by atoms with Crippen molar-refractivity contribution in [1.29, 1.82) is 5.26 Å². The summed E-state index contributed by atoms with van der Waals surface area (Å²) in [5.74, 6) is -1.83. The monoisotopic (exact) mass is 594 g/mol. The van der Waals surface area contributed by atoms with Gasteiger partial charge in [0.1, 0.15) is 29.5 Å². The first-order valence-corrected chi connectivity index (χ1v) is 14.3. The van der Waals surface area contributed by atoms with Gasteiger partial charge in [-0.15, -0.1) is 0 Å². The lowest BCUT2D eigenvalue weighted by atomic mass is 10.1. The first-order chi connectivity index (χ1) is 20.3. The Bertz CT molecular complexity index is 1320. The van der Waals surface area contributed by atoms with Gasteiger partial charge in [-0.3, -0.25) is 19.2 Å². The van der Waals surface area contributed by atoms with E-state index < -0.39 is 35.9 Å². The number of benzene rings is 1. The number of aromatic nitrogens is 1. The van der Waals surface area contributed by atoms with Gasteiger partial charge in [0.25, 0.3) is 11.8 Å². The quantitative estimate of drug-likeness (QED) is 0.138. The highest BCUT2D eigenvalue weighted by Crippen LogP contribution is 2.10. The largest absolute Gasteiger partial charge is 0.391 e. The zero-order chi connectivity index (χ0) is 32.1. The van der Waals surface area contributed by atoms with Crippen LogP contribution in [0.15, 0.2) is 46.5 Å². The summed E-state index contributed by atoms with van der Waals surface area (Å²) in [7, 11) is 1.60. The molecule has 12 heteroatoms. The van der Waals surface area contributed by atoms with Gasteiger partial charge in [0.15, 0.2) is 5.69 Å². The normalized spacial score (nSPS) is 13.4. The Morgan fingerprint density at radius 3 is 2.30 bits per heavy atom. The number of carbonyl (C=O) groups is 4. The molecule has 0 fully saturated rings. The molecule has 4 amide bonds. The first kappa shape index (κ1) is 34.7. The van der Waals surface area contributed by atoms with E-state index >= 15 is 0 Å². The number of unbranched alkanes of at least 4 members (excludes halogenated alkanes) is 1. The minimum absolute atomic E-state index is 0.0464. The average molecular weight is 595 g/mol. The van der Waals surface area contributed by atoms with Crippen LogP contribution in [0.3, 0.4) is 0 Å². The molecule has 4 N–H and O–H groups in total. The summed E-state index contributed by atoms with van der Waals surface area (Å²) in [6.45, 7) is 9.26. The summed E-state index contributed by atoms with van der Waals surface area (Å²) in [6, 6.07) is 8.64. The summed E-state index contributed by atoms with van der Waals surface area (Å²) in [5.41, 5.74) is 1.98. The highest BCUT2D eigenvalue weighted by atomic mass is 16.5. The third kappa shape index (κ3) is 11.4. The number of hydrogen-bond acceptors (Lipinski definition) is 8. The van der Waals surface area contributed by atoms with Crippen LogP contribution in [0.25, 0.3) is 0 Å². The Hall–Kier alpha value is -4.50. The smallest absolute Gasteiger partial charge is 0.274 e. The summed E-state index contributed by atoms with van der Waals surface area (Å²) in [4.78, 5) is 53.1. The second kappa shape index (κ2) is 16.8. The van der Waals surface area contributed by atoms with Gasteiger partial charge in [0, 0.05) is 26.2 Å². The third-order valence-electron chi connectivity index (χ3n) is 6.57. The highest BCUT2D eigenvalue weighted by molar-refractivity contribution is 5.98. The van der Waals surface area contributed by atoms with Gasteiger partial charge in [-0.05, 0) is 51.5 Å². The van der Waals surface area contributed by atoms with Crippen LogP contribution in [0, 0.1) is 31.1 Å². The van der Waals surface area contributed by atoms with Crippen molar-refractivity contribution in [2.75, 3.05) is 13.6 Å². The molecule has 0 aliphatic heterocycles. The number of nitrogens with zero attached hydrogens (tertiary/aromatic N) is 3. The zero-order valence-corrected chi connectivity index (χ0v) is 25.6. The van der Waals surface area contributed by atoms with E-state index in [1.807, 2.05) is 51.1 Å². The van der Waals surface area contributed by atoms with Crippen LogP contribution in [0.2, 0.25) is 0 Å². The number of allylic oxidation sites excluding steroid dienone is 1. The second-order valence-electron chi connectivity index (χ2n) is 10.9. The molecular weight excluding hydrogens is 552 g/mol. The van der Waals surface area contributed by atoms with Crippen molar-refractivity contribution in [3.8, 4) is 6.07 Å². The molecule has 12 nitrogen and oxygen atoms in total. The molecular formula is C31H42N6O6. The summed E-state index contributed by atoms with van der Waals surface area (Å²) >= 11 is 0. The molecule has 43 heavy (non-hydrogen) atoms. The van der Waals surface area contributed by atoms with Crippen LogP contribution < -0.4 is 16.0 Å². The SMILES string of the molecule is Cc1ccc(CNC(=O)[C@H](CCCCN(C)C(=O)C(C#N)=CC(C)C)NC(=O)[C@@H](NC(=O)c2cc(C)on2)[C@@H](C)O)cc1. The molecule has 1 aromatic carbocycles. The van der Waals surface area contributed by atoms with Crippen molar-refractivity contribution in [3.05, 3.63) is 64.6 Å². The van der Waals surface area contributed by atoms with Crippen LogP contribution in [-0.4, -0.2) is 70.6 Å². The van der Waals surface area contributed by atoms with E-state index in [1.54, 1.807) is 20.0 Å². The minimum Gasteiger partial charge on any atom is -0.391 e. The number of likely N-dealkylation sites (N-methyl/N-ethyl adjacent to an activating group) is 1. The highest BCUT2D eigenvalue weighted by Gasteiger charge is 2.30. The molecule has 232 valence electrons. The van der Waals surface area contributed by atoms with Gasteiger partial charge < -0.3 is 30.5 Å².